The number of nitrogens with one attached hydrogen (secondary N) is 1. The van der Waals surface area contributed by atoms with Gasteiger partial charge in [-0.15, -0.1) is 0 Å². The van der Waals surface area contributed by atoms with Crippen LogP contribution in [0.5, 0.6) is 0 Å². The number of carbonyl (C=O) groups excluding carboxylic acids is 1. The van der Waals surface area contributed by atoms with Gasteiger partial charge in [-0.2, -0.15) is 0 Å². The van der Waals surface area contributed by atoms with Gasteiger partial charge in [0.2, 0.25) is 0 Å². The molecule has 1 aromatic rings. The minimum atomic E-state index is -0.486. The molecule has 0 spiro atoms. The molecule has 76 valence electrons. The van der Waals surface area contributed by atoms with Gasteiger partial charge >= 0.3 is 6.09 Å². The molecule has 1 amide bonds. The molecule has 0 aliphatic heterocycles. The quantitative estimate of drug-likeness (QED) is 0.766. The predicted molar refractivity (Wildman–Crippen MR) is 53.3 cm³/mol. The summed E-state index contributed by atoms with van der Waals surface area (Å²) in [6.07, 6.45) is 0.137. The number of methoxy groups -OCH3 is 1. The number of amides is 1. The smallest absolute Gasteiger partial charge is 0.411 e. The number of anilines is 1. The van der Waals surface area contributed by atoms with Gasteiger partial charge in [0.25, 0.3) is 0 Å². The topological polar surface area (TPSA) is 58.6 Å². The Morgan fingerprint density at radius 3 is 2.57 bits per heavy atom. The van der Waals surface area contributed by atoms with Gasteiger partial charge in [-0.25, -0.2) is 4.79 Å². The third kappa shape index (κ3) is 3.06. The standard InChI is InChI=1S/C10H13NO3/c1-14-10(13)11-9-4-2-8(3-5-9)6-7-12/h2-5,12H,6-7H2,1H3,(H,11,13). The zero-order chi connectivity index (χ0) is 10.4. The summed E-state index contributed by atoms with van der Waals surface area (Å²) in [4.78, 5) is 10.8. The fourth-order valence-electron chi connectivity index (χ4n) is 1.05. The van der Waals surface area contributed by atoms with Gasteiger partial charge in [-0.05, 0) is 24.1 Å². The van der Waals surface area contributed by atoms with Gasteiger partial charge in [0.1, 0.15) is 0 Å². The molecule has 14 heavy (non-hydrogen) atoms. The molecular weight excluding hydrogens is 182 g/mol. The van der Waals surface area contributed by atoms with Crippen molar-refractivity contribution < 1.29 is 14.6 Å². The molecule has 0 bridgehead atoms. The molecule has 1 aromatic carbocycles. The van der Waals surface area contributed by atoms with Crippen LogP contribution in [-0.2, 0) is 11.2 Å². The highest BCUT2D eigenvalue weighted by molar-refractivity contribution is 5.84. The highest BCUT2D eigenvalue weighted by atomic mass is 16.5. The fraction of sp³-hybridized carbons (Fsp3) is 0.300. The minimum absolute atomic E-state index is 0.129. The molecule has 0 aliphatic carbocycles. The first-order valence-corrected chi connectivity index (χ1v) is 4.31. The highest BCUT2D eigenvalue weighted by Crippen LogP contribution is 2.09. The molecular formula is C10H13NO3. The Morgan fingerprint density at radius 1 is 1.43 bits per heavy atom. The van der Waals surface area contributed by atoms with E-state index in [1.54, 1.807) is 12.1 Å². The van der Waals surface area contributed by atoms with Gasteiger partial charge in [0.05, 0.1) is 7.11 Å². The van der Waals surface area contributed by atoms with Crippen LogP contribution in [0, 0.1) is 0 Å². The van der Waals surface area contributed by atoms with E-state index < -0.39 is 6.09 Å². The summed E-state index contributed by atoms with van der Waals surface area (Å²) in [7, 11) is 1.31. The number of hydrogen-bond donors (Lipinski definition) is 2. The number of rotatable bonds is 3. The van der Waals surface area contributed by atoms with E-state index in [1.807, 2.05) is 12.1 Å². The molecule has 0 unspecified atom stereocenters. The minimum Gasteiger partial charge on any atom is -0.453 e. The van der Waals surface area contributed by atoms with Crippen LogP contribution in [0.15, 0.2) is 24.3 Å². The third-order valence-electron chi connectivity index (χ3n) is 1.79. The maximum atomic E-state index is 10.8. The van der Waals surface area contributed by atoms with Gasteiger partial charge in [0, 0.05) is 12.3 Å². The van der Waals surface area contributed by atoms with Crippen molar-refractivity contribution in [2.24, 2.45) is 0 Å². The zero-order valence-electron chi connectivity index (χ0n) is 7.99. The highest BCUT2D eigenvalue weighted by Gasteiger charge is 1.99. The maximum absolute atomic E-state index is 10.8. The van der Waals surface area contributed by atoms with Crippen LogP contribution in [0.25, 0.3) is 0 Å². The van der Waals surface area contributed by atoms with E-state index in [0.29, 0.717) is 12.1 Å². The van der Waals surface area contributed by atoms with Crippen LogP contribution >= 0.6 is 0 Å². The van der Waals surface area contributed by atoms with E-state index >= 15 is 0 Å². The average molecular weight is 195 g/mol. The van der Waals surface area contributed by atoms with Crippen LogP contribution in [0.1, 0.15) is 5.56 Å². The van der Waals surface area contributed by atoms with Crippen molar-refractivity contribution in [3.05, 3.63) is 29.8 Å². The van der Waals surface area contributed by atoms with Crippen LogP contribution < -0.4 is 5.32 Å². The Balaban J connectivity index is 2.59. The first-order valence-electron chi connectivity index (χ1n) is 4.31. The summed E-state index contributed by atoms with van der Waals surface area (Å²) in [6, 6.07) is 7.23. The molecule has 4 nitrogen and oxygen atoms in total. The summed E-state index contributed by atoms with van der Waals surface area (Å²) in [6.45, 7) is 0.129. The van der Waals surface area contributed by atoms with Crippen molar-refractivity contribution in [3.63, 3.8) is 0 Å². The van der Waals surface area contributed by atoms with Crippen LogP contribution in [-0.4, -0.2) is 24.9 Å². The molecule has 0 saturated heterocycles. The molecule has 0 aliphatic rings. The first kappa shape index (κ1) is 10.5. The van der Waals surface area contributed by atoms with E-state index in [9.17, 15) is 4.79 Å². The number of carbonyl (C=O) groups is 1. The molecule has 0 saturated carbocycles. The molecule has 4 heteroatoms. The second-order valence-corrected chi connectivity index (χ2v) is 2.79. The summed E-state index contributed by atoms with van der Waals surface area (Å²) < 4.78 is 4.44. The molecule has 2 N–H and O–H groups in total. The van der Waals surface area contributed by atoms with E-state index in [0.717, 1.165) is 5.56 Å². The second kappa shape index (κ2) is 5.24. The van der Waals surface area contributed by atoms with Crippen molar-refractivity contribution >= 4 is 11.8 Å². The predicted octanol–water partition coefficient (Wildman–Crippen LogP) is 1.40. The Morgan fingerprint density at radius 2 is 2.07 bits per heavy atom. The molecule has 0 fully saturated rings. The van der Waals surface area contributed by atoms with Crippen molar-refractivity contribution in [2.45, 2.75) is 6.42 Å². The third-order valence-corrected chi connectivity index (χ3v) is 1.79. The normalized spacial score (nSPS) is 9.57. The van der Waals surface area contributed by atoms with Crippen LogP contribution in [0.4, 0.5) is 10.5 Å². The maximum Gasteiger partial charge on any atom is 0.411 e. The lowest BCUT2D eigenvalue weighted by Crippen LogP contribution is -2.10. The molecule has 0 aromatic heterocycles. The monoisotopic (exact) mass is 195 g/mol. The van der Waals surface area contributed by atoms with Crippen LogP contribution in [0.2, 0.25) is 0 Å². The van der Waals surface area contributed by atoms with Crippen molar-refractivity contribution in [1.82, 2.24) is 0 Å². The largest absolute Gasteiger partial charge is 0.453 e. The zero-order valence-corrected chi connectivity index (χ0v) is 7.99. The summed E-state index contributed by atoms with van der Waals surface area (Å²) in [5.74, 6) is 0. The Kier molecular flexibility index (Phi) is 3.94. The van der Waals surface area contributed by atoms with Gasteiger partial charge in [-0.1, -0.05) is 12.1 Å². The van der Waals surface area contributed by atoms with E-state index in [-0.39, 0.29) is 6.61 Å². The Labute approximate surface area is 82.5 Å². The summed E-state index contributed by atoms with van der Waals surface area (Å²) >= 11 is 0. The number of aliphatic hydroxyl groups is 1. The van der Waals surface area contributed by atoms with Crippen molar-refractivity contribution in [2.75, 3.05) is 19.0 Å². The van der Waals surface area contributed by atoms with Crippen molar-refractivity contribution in [1.29, 1.82) is 0 Å². The van der Waals surface area contributed by atoms with Crippen molar-refractivity contribution in [3.8, 4) is 0 Å². The molecule has 0 atom stereocenters. The molecule has 1 rings (SSSR count). The number of aliphatic hydroxyl groups excluding tert-OH is 1. The van der Waals surface area contributed by atoms with E-state index in [1.165, 1.54) is 7.11 Å². The molecule has 0 heterocycles. The Hall–Kier alpha value is -1.55. The van der Waals surface area contributed by atoms with Gasteiger partial charge < -0.3 is 9.84 Å². The van der Waals surface area contributed by atoms with E-state index in [4.69, 9.17) is 5.11 Å². The lowest BCUT2D eigenvalue weighted by atomic mass is 10.1. The lowest BCUT2D eigenvalue weighted by Gasteiger charge is -2.04. The lowest BCUT2D eigenvalue weighted by molar-refractivity contribution is 0.187. The van der Waals surface area contributed by atoms with E-state index in [2.05, 4.69) is 10.1 Å². The fourth-order valence-corrected chi connectivity index (χ4v) is 1.05. The number of hydrogen-bond acceptors (Lipinski definition) is 3. The SMILES string of the molecule is COC(=O)Nc1ccc(CCO)cc1. The Bertz CT molecular complexity index is 295. The summed E-state index contributed by atoms with van der Waals surface area (Å²) in [5.41, 5.74) is 1.71. The van der Waals surface area contributed by atoms with Gasteiger partial charge in [0.15, 0.2) is 0 Å². The second-order valence-electron chi connectivity index (χ2n) is 2.79. The molecule has 0 radical (unpaired) electrons. The average Bonchev–Trinajstić information content (AvgIpc) is 2.21. The van der Waals surface area contributed by atoms with Gasteiger partial charge in [-0.3, -0.25) is 5.32 Å². The number of ether oxygens (including phenoxy) is 1. The van der Waals surface area contributed by atoms with Crippen LogP contribution in [0.3, 0.4) is 0 Å². The summed E-state index contributed by atoms with van der Waals surface area (Å²) in [5, 5.41) is 11.2. The number of benzene rings is 1. The first-order chi connectivity index (χ1) is 6.76.